The van der Waals surface area contributed by atoms with Gasteiger partial charge in [-0.3, -0.25) is 18.6 Å². The van der Waals surface area contributed by atoms with Crippen molar-refractivity contribution in [2.24, 2.45) is 0 Å². The highest BCUT2D eigenvalue weighted by molar-refractivity contribution is 7.99. The summed E-state index contributed by atoms with van der Waals surface area (Å²) < 4.78 is 3.51. The summed E-state index contributed by atoms with van der Waals surface area (Å²) in [6.45, 7) is 5.19. The van der Waals surface area contributed by atoms with Crippen LogP contribution in [0.15, 0.2) is 58.5 Å². The van der Waals surface area contributed by atoms with Crippen molar-refractivity contribution in [1.29, 1.82) is 0 Å². The number of fused-ring (bicyclic) bond motifs is 3. The summed E-state index contributed by atoms with van der Waals surface area (Å²) in [5.74, 6) is 0.682. The Morgan fingerprint density at radius 3 is 2.65 bits per heavy atom. The Balaban J connectivity index is 1.73. The van der Waals surface area contributed by atoms with E-state index in [1.807, 2.05) is 59.9 Å². The second-order valence-corrected chi connectivity index (χ2v) is 8.45. The Bertz CT molecular complexity index is 1280. The number of thioether (sulfide) groups is 1. The molecule has 0 aliphatic carbocycles. The summed E-state index contributed by atoms with van der Waals surface area (Å²) in [5, 5.41) is 12.7. The monoisotopic (exact) mass is 435 g/mol. The number of aromatic nitrogens is 4. The van der Waals surface area contributed by atoms with E-state index in [2.05, 4.69) is 22.4 Å². The molecule has 160 valence electrons. The molecule has 0 radical (unpaired) electrons. The first-order valence-electron chi connectivity index (χ1n) is 10.4. The highest BCUT2D eigenvalue weighted by Gasteiger charge is 2.17. The van der Waals surface area contributed by atoms with Crippen molar-refractivity contribution in [3.05, 3.63) is 70.0 Å². The smallest absolute Gasteiger partial charge is 0.263 e. The molecule has 1 N–H and O–H groups in total. The van der Waals surface area contributed by atoms with Crippen LogP contribution in [0, 0.1) is 6.92 Å². The van der Waals surface area contributed by atoms with Gasteiger partial charge in [-0.25, -0.2) is 0 Å². The van der Waals surface area contributed by atoms with Crippen LogP contribution in [0.3, 0.4) is 0 Å². The first kappa shape index (κ1) is 21.1. The molecule has 0 aliphatic rings. The molecule has 2 aromatic heterocycles. The van der Waals surface area contributed by atoms with Crippen LogP contribution in [-0.2, 0) is 11.3 Å². The number of nitrogens with zero attached hydrogens (tertiary/aromatic N) is 4. The molecule has 0 fully saturated rings. The van der Waals surface area contributed by atoms with E-state index in [-0.39, 0.29) is 17.2 Å². The standard InChI is InChI=1S/C23H25N5O2S/c1-3-4-13-24-20(29)15-31-23-26-25-22-27(14-17-11-9-16(2)10-12-17)21(30)18-7-5-6-8-19(18)28(22)23/h5-12H,3-4,13-15H2,1-2H3,(H,24,29). The van der Waals surface area contributed by atoms with Gasteiger partial charge in [0, 0.05) is 6.54 Å². The Morgan fingerprint density at radius 1 is 1.10 bits per heavy atom. The molecular weight excluding hydrogens is 410 g/mol. The highest BCUT2D eigenvalue weighted by Crippen LogP contribution is 2.22. The molecule has 4 rings (SSSR count). The molecule has 0 aliphatic heterocycles. The van der Waals surface area contributed by atoms with Crippen LogP contribution < -0.4 is 10.9 Å². The van der Waals surface area contributed by atoms with Gasteiger partial charge in [-0.2, -0.15) is 0 Å². The minimum absolute atomic E-state index is 0.0347. The molecule has 8 heteroatoms. The number of aryl methyl sites for hydroxylation is 1. The number of amides is 1. The van der Waals surface area contributed by atoms with Gasteiger partial charge in [-0.1, -0.05) is 67.1 Å². The van der Waals surface area contributed by atoms with Crippen LogP contribution in [0.5, 0.6) is 0 Å². The maximum atomic E-state index is 13.2. The quantitative estimate of drug-likeness (QED) is 0.339. The summed E-state index contributed by atoms with van der Waals surface area (Å²) in [6, 6.07) is 15.5. The van der Waals surface area contributed by atoms with Gasteiger partial charge < -0.3 is 5.32 Å². The lowest BCUT2D eigenvalue weighted by Crippen LogP contribution is -2.26. The number of nitrogens with one attached hydrogen (secondary N) is 1. The average Bonchev–Trinajstić information content (AvgIpc) is 3.21. The van der Waals surface area contributed by atoms with Crippen molar-refractivity contribution in [1.82, 2.24) is 24.5 Å². The number of hydrogen-bond acceptors (Lipinski definition) is 5. The fraction of sp³-hybridized carbons (Fsp3) is 0.304. The molecule has 0 bridgehead atoms. The number of para-hydroxylation sites is 1. The zero-order valence-corrected chi connectivity index (χ0v) is 18.5. The number of hydrogen-bond donors (Lipinski definition) is 1. The molecule has 0 spiro atoms. The van der Waals surface area contributed by atoms with E-state index < -0.39 is 0 Å². The Kier molecular flexibility index (Phi) is 6.36. The maximum Gasteiger partial charge on any atom is 0.263 e. The van der Waals surface area contributed by atoms with Crippen molar-refractivity contribution < 1.29 is 4.79 Å². The second-order valence-electron chi connectivity index (χ2n) is 7.50. The van der Waals surface area contributed by atoms with E-state index in [1.165, 1.54) is 11.8 Å². The average molecular weight is 436 g/mol. The summed E-state index contributed by atoms with van der Waals surface area (Å²) >= 11 is 1.32. The van der Waals surface area contributed by atoms with Crippen molar-refractivity contribution in [2.75, 3.05) is 12.3 Å². The zero-order chi connectivity index (χ0) is 21.8. The third-order valence-electron chi connectivity index (χ3n) is 5.12. The number of carbonyl (C=O) groups is 1. The van der Waals surface area contributed by atoms with Crippen molar-refractivity contribution in [3.8, 4) is 0 Å². The number of rotatable bonds is 8. The van der Waals surface area contributed by atoms with Crippen LogP contribution in [0.1, 0.15) is 30.9 Å². The van der Waals surface area contributed by atoms with Crippen LogP contribution in [0.25, 0.3) is 16.7 Å². The van der Waals surface area contributed by atoms with E-state index in [1.54, 1.807) is 4.57 Å². The Hall–Kier alpha value is -3.13. The largest absolute Gasteiger partial charge is 0.355 e. The molecule has 0 atom stereocenters. The molecular formula is C23H25N5O2S. The molecule has 4 aromatic rings. The van der Waals surface area contributed by atoms with Crippen LogP contribution >= 0.6 is 11.8 Å². The van der Waals surface area contributed by atoms with Gasteiger partial charge in [0.1, 0.15) is 0 Å². The van der Waals surface area contributed by atoms with Crippen molar-refractivity contribution in [3.63, 3.8) is 0 Å². The van der Waals surface area contributed by atoms with E-state index >= 15 is 0 Å². The minimum atomic E-state index is -0.107. The van der Waals surface area contributed by atoms with Gasteiger partial charge in [0.2, 0.25) is 11.7 Å². The molecule has 31 heavy (non-hydrogen) atoms. The van der Waals surface area contributed by atoms with Gasteiger partial charge in [0.05, 0.1) is 23.2 Å². The van der Waals surface area contributed by atoms with E-state index in [0.717, 1.165) is 29.5 Å². The van der Waals surface area contributed by atoms with Gasteiger partial charge in [0.15, 0.2) is 5.16 Å². The van der Waals surface area contributed by atoms with Gasteiger partial charge in [-0.15, -0.1) is 10.2 Å². The SMILES string of the molecule is CCCCNC(=O)CSc1nnc2n(Cc3ccc(C)cc3)c(=O)c3ccccc3n12. The minimum Gasteiger partial charge on any atom is -0.355 e. The van der Waals surface area contributed by atoms with E-state index in [9.17, 15) is 9.59 Å². The van der Waals surface area contributed by atoms with Crippen molar-refractivity contribution in [2.45, 2.75) is 38.4 Å². The zero-order valence-electron chi connectivity index (χ0n) is 17.7. The summed E-state index contributed by atoms with van der Waals surface area (Å²) in [4.78, 5) is 25.4. The third-order valence-corrected chi connectivity index (χ3v) is 6.05. The molecule has 0 saturated heterocycles. The first-order valence-corrected chi connectivity index (χ1v) is 11.4. The summed E-state index contributed by atoms with van der Waals surface area (Å²) in [5.41, 5.74) is 2.81. The van der Waals surface area contributed by atoms with Crippen LogP contribution in [0.4, 0.5) is 0 Å². The molecule has 0 saturated carbocycles. The van der Waals surface area contributed by atoms with E-state index in [0.29, 0.717) is 29.4 Å². The normalized spacial score (nSPS) is 11.3. The van der Waals surface area contributed by atoms with Gasteiger partial charge in [-0.05, 0) is 31.0 Å². The maximum absolute atomic E-state index is 13.2. The molecule has 2 aromatic carbocycles. The molecule has 1 amide bonds. The number of carbonyl (C=O) groups excluding carboxylic acids is 1. The molecule has 7 nitrogen and oxygen atoms in total. The van der Waals surface area contributed by atoms with Crippen LogP contribution in [0.2, 0.25) is 0 Å². The Labute approximate surface area is 184 Å². The predicted molar refractivity (Wildman–Crippen MR) is 124 cm³/mol. The fourth-order valence-electron chi connectivity index (χ4n) is 3.43. The van der Waals surface area contributed by atoms with Gasteiger partial charge >= 0.3 is 0 Å². The highest BCUT2D eigenvalue weighted by atomic mass is 32.2. The van der Waals surface area contributed by atoms with E-state index in [4.69, 9.17) is 0 Å². The Morgan fingerprint density at radius 2 is 1.87 bits per heavy atom. The summed E-state index contributed by atoms with van der Waals surface area (Å²) in [6.07, 6.45) is 1.99. The first-order chi connectivity index (χ1) is 15.1. The number of unbranched alkanes of at least 4 members (excludes halogenated alkanes) is 1. The second kappa shape index (κ2) is 9.34. The lowest BCUT2D eigenvalue weighted by Gasteiger charge is -2.11. The fourth-order valence-corrected chi connectivity index (χ4v) is 4.20. The predicted octanol–water partition coefficient (Wildman–Crippen LogP) is 3.41. The third kappa shape index (κ3) is 4.49. The lowest BCUT2D eigenvalue weighted by molar-refractivity contribution is -0.118. The van der Waals surface area contributed by atoms with Crippen LogP contribution in [-0.4, -0.2) is 37.4 Å². The number of benzene rings is 2. The van der Waals surface area contributed by atoms with Crippen molar-refractivity contribution >= 4 is 34.3 Å². The molecule has 2 heterocycles. The summed E-state index contributed by atoms with van der Waals surface area (Å²) in [7, 11) is 0. The topological polar surface area (TPSA) is 81.3 Å². The molecule has 0 unspecified atom stereocenters. The lowest BCUT2D eigenvalue weighted by atomic mass is 10.1. The van der Waals surface area contributed by atoms with Gasteiger partial charge in [0.25, 0.3) is 5.56 Å².